The minimum Gasteiger partial charge on any atom is -0.497 e. The van der Waals surface area contributed by atoms with Gasteiger partial charge in [0, 0.05) is 74.9 Å². The average Bonchev–Trinajstić information content (AvgIpc) is 3.76. The number of hydrogen-bond acceptors (Lipinski definition) is 8. The first-order valence-electron chi connectivity index (χ1n) is 16.1. The van der Waals surface area contributed by atoms with E-state index in [-0.39, 0.29) is 24.2 Å². The van der Waals surface area contributed by atoms with Crippen molar-refractivity contribution in [3.8, 4) is 5.75 Å². The van der Waals surface area contributed by atoms with Crippen LogP contribution < -0.4 is 24.8 Å². The summed E-state index contributed by atoms with van der Waals surface area (Å²) in [6, 6.07) is 9.94. The SMILES string of the molecule is CCC(=O)N1CC[C@H](N2C(=O)N(c3cc(OC)ccc3F)Cc3cnc(Nc4ccc(N5C[C@H]6CN(C)C[C@H]6C5)c(C)c4)nc32)C1. The highest BCUT2D eigenvalue weighted by molar-refractivity contribution is 6.06. The largest absolute Gasteiger partial charge is 0.497 e. The molecule has 3 atom stereocenters. The van der Waals surface area contributed by atoms with Crippen molar-refractivity contribution in [3.05, 3.63) is 59.5 Å². The van der Waals surface area contributed by atoms with Crippen molar-refractivity contribution in [3.63, 3.8) is 0 Å². The topological polar surface area (TPSA) is 97.4 Å². The summed E-state index contributed by atoms with van der Waals surface area (Å²) in [5.74, 6) is 2.23. The Balaban J connectivity index is 1.17. The quantitative estimate of drug-likeness (QED) is 0.405. The molecule has 1 N–H and O–H groups in total. The zero-order chi connectivity index (χ0) is 32.1. The van der Waals surface area contributed by atoms with Crippen LogP contribution in [0.5, 0.6) is 5.75 Å². The molecule has 3 saturated heterocycles. The second-order valence-corrected chi connectivity index (χ2v) is 13.0. The lowest BCUT2D eigenvalue weighted by atomic mass is 10.0. The van der Waals surface area contributed by atoms with Gasteiger partial charge in [-0.2, -0.15) is 4.98 Å². The average molecular weight is 629 g/mol. The molecule has 2 aromatic carbocycles. The number of rotatable bonds is 7. The number of nitrogens with one attached hydrogen (secondary N) is 1. The van der Waals surface area contributed by atoms with Gasteiger partial charge < -0.3 is 24.8 Å². The zero-order valence-corrected chi connectivity index (χ0v) is 26.9. The van der Waals surface area contributed by atoms with Crippen LogP contribution in [0.3, 0.4) is 0 Å². The third kappa shape index (κ3) is 5.48. The van der Waals surface area contributed by atoms with Crippen molar-refractivity contribution in [1.82, 2.24) is 19.8 Å². The monoisotopic (exact) mass is 628 g/mol. The predicted octanol–water partition coefficient (Wildman–Crippen LogP) is 4.63. The minimum atomic E-state index is -0.533. The van der Waals surface area contributed by atoms with Gasteiger partial charge in [-0.15, -0.1) is 0 Å². The second kappa shape index (κ2) is 12.1. The standard InChI is InChI=1S/C34H41FN8O3/c1-5-31(44)40-11-10-26(20-40)43-32-22(19-42(34(43)45)30-13-27(46-4)7-8-28(30)35)14-36-33(38-32)37-25-6-9-29(21(2)12-25)41-17-23-15-39(3)16-24(23)18-41/h6-9,12-14,23-24,26H,5,10-11,15-20H2,1-4H3,(H,36,37,38)/t23-,24+,26-/m0/s1. The number of carbonyl (C=O) groups is 2. The molecule has 7 rings (SSSR count). The van der Waals surface area contributed by atoms with E-state index in [1.165, 1.54) is 41.5 Å². The Morgan fingerprint density at radius 1 is 1.07 bits per heavy atom. The van der Waals surface area contributed by atoms with E-state index < -0.39 is 11.8 Å². The van der Waals surface area contributed by atoms with Crippen LogP contribution in [0.1, 0.15) is 30.9 Å². The van der Waals surface area contributed by atoms with Crippen LogP contribution in [0, 0.1) is 24.6 Å². The number of anilines is 5. The molecule has 0 saturated carbocycles. The van der Waals surface area contributed by atoms with Gasteiger partial charge >= 0.3 is 6.03 Å². The molecule has 0 radical (unpaired) electrons. The number of aryl methyl sites for hydroxylation is 1. The van der Waals surface area contributed by atoms with Crippen LogP contribution in [-0.4, -0.2) is 91.2 Å². The molecule has 4 aliphatic heterocycles. The summed E-state index contributed by atoms with van der Waals surface area (Å²) in [7, 11) is 3.71. The highest BCUT2D eigenvalue weighted by Crippen LogP contribution is 2.38. The number of hydrogen-bond donors (Lipinski definition) is 1. The summed E-state index contributed by atoms with van der Waals surface area (Å²) >= 11 is 0. The number of ether oxygens (including phenoxy) is 1. The molecule has 0 unspecified atom stereocenters. The van der Waals surface area contributed by atoms with Crippen LogP contribution >= 0.6 is 0 Å². The van der Waals surface area contributed by atoms with E-state index in [1.54, 1.807) is 16.0 Å². The third-order valence-electron chi connectivity index (χ3n) is 9.93. The van der Waals surface area contributed by atoms with Crippen molar-refractivity contribution in [2.75, 3.05) is 73.4 Å². The molecule has 3 fully saturated rings. The number of halogens is 1. The summed E-state index contributed by atoms with van der Waals surface area (Å²) in [5.41, 5.74) is 4.09. The van der Waals surface area contributed by atoms with Crippen LogP contribution in [-0.2, 0) is 11.3 Å². The Kier molecular flexibility index (Phi) is 7.92. The van der Waals surface area contributed by atoms with Gasteiger partial charge in [0.25, 0.3) is 0 Å². The van der Waals surface area contributed by atoms with Gasteiger partial charge in [0.2, 0.25) is 11.9 Å². The maximum absolute atomic E-state index is 15.1. The van der Waals surface area contributed by atoms with Crippen molar-refractivity contribution in [2.24, 2.45) is 11.8 Å². The number of nitrogens with zero attached hydrogens (tertiary/aromatic N) is 7. The Hall–Kier alpha value is -4.45. The van der Waals surface area contributed by atoms with Crippen molar-refractivity contribution in [1.29, 1.82) is 0 Å². The van der Waals surface area contributed by atoms with Gasteiger partial charge in [-0.3, -0.25) is 14.6 Å². The van der Waals surface area contributed by atoms with Crippen molar-refractivity contribution in [2.45, 2.75) is 39.3 Å². The molecule has 3 aromatic rings. The summed E-state index contributed by atoms with van der Waals surface area (Å²) in [6.45, 7) is 9.47. The maximum atomic E-state index is 15.1. The molecular weight excluding hydrogens is 587 g/mol. The lowest BCUT2D eigenvalue weighted by Crippen LogP contribution is -2.53. The van der Waals surface area contributed by atoms with Crippen LogP contribution in [0.2, 0.25) is 0 Å². The molecule has 0 bridgehead atoms. The van der Waals surface area contributed by atoms with Crippen LogP contribution in [0.25, 0.3) is 0 Å². The summed E-state index contributed by atoms with van der Waals surface area (Å²) in [5, 5.41) is 3.35. The Labute approximate surface area is 268 Å². The normalized spacial score (nSPS) is 22.8. The van der Waals surface area contributed by atoms with Crippen molar-refractivity contribution >= 4 is 40.8 Å². The van der Waals surface area contributed by atoms with Crippen LogP contribution in [0.4, 0.5) is 38.0 Å². The maximum Gasteiger partial charge on any atom is 0.330 e. The van der Waals surface area contributed by atoms with E-state index in [0.29, 0.717) is 49.0 Å². The number of carbonyl (C=O) groups excluding carboxylic acids is 2. The van der Waals surface area contributed by atoms with Gasteiger partial charge in [0.05, 0.1) is 25.4 Å². The second-order valence-electron chi connectivity index (χ2n) is 13.0. The Morgan fingerprint density at radius 3 is 2.57 bits per heavy atom. The highest BCUT2D eigenvalue weighted by Gasteiger charge is 2.42. The fourth-order valence-corrected chi connectivity index (χ4v) is 7.62. The molecule has 4 aliphatic rings. The fourth-order valence-electron chi connectivity index (χ4n) is 7.62. The van der Waals surface area contributed by atoms with E-state index in [2.05, 4.69) is 46.2 Å². The van der Waals surface area contributed by atoms with Gasteiger partial charge in [-0.1, -0.05) is 6.92 Å². The van der Waals surface area contributed by atoms with E-state index in [1.807, 2.05) is 13.0 Å². The number of amides is 3. The third-order valence-corrected chi connectivity index (χ3v) is 9.93. The lowest BCUT2D eigenvalue weighted by molar-refractivity contribution is -0.129. The van der Waals surface area contributed by atoms with Crippen LogP contribution in [0.15, 0.2) is 42.6 Å². The van der Waals surface area contributed by atoms with Gasteiger partial charge in [0.15, 0.2) is 0 Å². The number of benzene rings is 2. The van der Waals surface area contributed by atoms with E-state index in [0.717, 1.165) is 43.7 Å². The molecule has 12 heteroatoms. The first kappa shape index (κ1) is 30.2. The number of urea groups is 1. The van der Waals surface area contributed by atoms with E-state index in [4.69, 9.17) is 9.72 Å². The highest BCUT2D eigenvalue weighted by atomic mass is 19.1. The van der Waals surface area contributed by atoms with E-state index in [9.17, 15) is 9.59 Å². The number of fused-ring (bicyclic) bond motifs is 2. The fraction of sp³-hybridized carbons (Fsp3) is 0.471. The summed E-state index contributed by atoms with van der Waals surface area (Å²) in [4.78, 5) is 45.9. The predicted molar refractivity (Wildman–Crippen MR) is 175 cm³/mol. The van der Waals surface area contributed by atoms with Gasteiger partial charge in [0.1, 0.15) is 17.4 Å². The minimum absolute atomic E-state index is 0.0382. The first-order chi connectivity index (χ1) is 22.2. The number of likely N-dealkylation sites (tertiary alicyclic amines) is 2. The molecular formula is C34H41FN8O3. The summed E-state index contributed by atoms with van der Waals surface area (Å²) < 4.78 is 20.5. The Morgan fingerprint density at radius 2 is 1.85 bits per heavy atom. The molecule has 5 heterocycles. The molecule has 242 valence electrons. The summed E-state index contributed by atoms with van der Waals surface area (Å²) in [6.07, 6.45) is 2.68. The lowest BCUT2D eigenvalue weighted by Gasteiger charge is -2.39. The number of aromatic nitrogens is 2. The molecule has 3 amide bonds. The number of methoxy groups -OCH3 is 1. The van der Waals surface area contributed by atoms with Gasteiger partial charge in [-0.05, 0) is 68.1 Å². The molecule has 46 heavy (non-hydrogen) atoms. The Bertz CT molecular complexity index is 1660. The van der Waals surface area contributed by atoms with Crippen molar-refractivity contribution < 1.29 is 18.7 Å². The molecule has 11 nitrogen and oxygen atoms in total. The smallest absolute Gasteiger partial charge is 0.330 e. The van der Waals surface area contributed by atoms with E-state index >= 15 is 4.39 Å². The first-order valence-corrected chi connectivity index (χ1v) is 16.1. The zero-order valence-electron chi connectivity index (χ0n) is 26.9. The molecule has 0 spiro atoms. The molecule has 1 aromatic heterocycles. The van der Waals surface area contributed by atoms with Gasteiger partial charge in [-0.25, -0.2) is 14.2 Å². The molecule has 0 aliphatic carbocycles.